The third kappa shape index (κ3) is 1.36. The van der Waals surface area contributed by atoms with Gasteiger partial charge >= 0.3 is 0 Å². The second-order valence-corrected chi connectivity index (χ2v) is 4.89. The zero-order valence-electron chi connectivity index (χ0n) is 9.01. The number of rotatable bonds is 2. The lowest BCUT2D eigenvalue weighted by atomic mass is 10.4. The smallest absolute Gasteiger partial charge is 0.265 e. The van der Waals surface area contributed by atoms with Crippen molar-refractivity contribution in [2.75, 3.05) is 5.75 Å². The number of hydrogen-bond donors (Lipinski definition) is 0. The van der Waals surface area contributed by atoms with Crippen LogP contribution in [0.15, 0.2) is 16.1 Å². The van der Waals surface area contributed by atoms with Gasteiger partial charge in [-0.1, -0.05) is 18.7 Å². The zero-order valence-corrected chi connectivity index (χ0v) is 9.83. The monoisotopic (exact) mass is 236 g/mol. The van der Waals surface area contributed by atoms with E-state index in [2.05, 4.69) is 17.0 Å². The van der Waals surface area contributed by atoms with E-state index in [1.165, 1.54) is 0 Å². The SMILES string of the molecule is CCCn1cc2c(=O)n3c(nc2n1)SCC3. The molecular weight excluding hydrogens is 224 g/mol. The summed E-state index contributed by atoms with van der Waals surface area (Å²) in [6.07, 6.45) is 2.81. The first-order valence-electron chi connectivity index (χ1n) is 5.40. The number of fused-ring (bicyclic) bond motifs is 2. The first kappa shape index (κ1) is 9.89. The largest absolute Gasteiger partial charge is 0.286 e. The van der Waals surface area contributed by atoms with Crippen LogP contribution in [-0.2, 0) is 13.1 Å². The van der Waals surface area contributed by atoms with E-state index in [0.717, 1.165) is 30.4 Å². The van der Waals surface area contributed by atoms with E-state index in [1.54, 1.807) is 21.0 Å². The van der Waals surface area contributed by atoms with Crippen LogP contribution < -0.4 is 5.56 Å². The fourth-order valence-corrected chi connectivity index (χ4v) is 2.84. The summed E-state index contributed by atoms with van der Waals surface area (Å²) in [5.74, 6) is 0.934. The van der Waals surface area contributed by atoms with Gasteiger partial charge in [-0.05, 0) is 6.42 Å². The minimum absolute atomic E-state index is 0.0485. The number of hydrogen-bond acceptors (Lipinski definition) is 4. The highest BCUT2D eigenvalue weighted by molar-refractivity contribution is 7.99. The molecule has 3 heterocycles. The summed E-state index contributed by atoms with van der Waals surface area (Å²) in [6.45, 7) is 3.68. The molecule has 0 bridgehead atoms. The van der Waals surface area contributed by atoms with Crippen LogP contribution in [-0.4, -0.2) is 25.1 Å². The minimum Gasteiger partial charge on any atom is -0.286 e. The molecule has 0 saturated heterocycles. The maximum atomic E-state index is 12.1. The fraction of sp³-hybridized carbons (Fsp3) is 0.500. The lowest BCUT2D eigenvalue weighted by molar-refractivity contribution is 0.606. The number of nitrogens with zero attached hydrogens (tertiary/aromatic N) is 4. The van der Waals surface area contributed by atoms with Crippen molar-refractivity contribution in [3.05, 3.63) is 16.6 Å². The van der Waals surface area contributed by atoms with Gasteiger partial charge in [0.15, 0.2) is 10.8 Å². The molecule has 0 atom stereocenters. The highest BCUT2D eigenvalue weighted by atomic mass is 32.2. The highest BCUT2D eigenvalue weighted by Gasteiger charge is 2.18. The molecule has 1 aliphatic rings. The molecule has 6 heteroatoms. The first-order chi connectivity index (χ1) is 7.79. The summed E-state index contributed by atoms with van der Waals surface area (Å²) in [5.41, 5.74) is 0.631. The van der Waals surface area contributed by atoms with Gasteiger partial charge in [0.1, 0.15) is 5.39 Å². The molecule has 0 aliphatic carbocycles. The molecule has 0 aromatic carbocycles. The molecule has 0 fully saturated rings. The Morgan fingerprint density at radius 1 is 1.56 bits per heavy atom. The number of thioether (sulfide) groups is 1. The van der Waals surface area contributed by atoms with E-state index in [9.17, 15) is 4.79 Å². The van der Waals surface area contributed by atoms with Crippen LogP contribution in [0.5, 0.6) is 0 Å². The van der Waals surface area contributed by atoms with Crippen LogP contribution in [0, 0.1) is 0 Å². The maximum absolute atomic E-state index is 12.1. The van der Waals surface area contributed by atoms with E-state index in [0.29, 0.717) is 11.0 Å². The van der Waals surface area contributed by atoms with Crippen LogP contribution >= 0.6 is 11.8 Å². The van der Waals surface area contributed by atoms with Gasteiger partial charge in [0.05, 0.1) is 0 Å². The molecule has 0 spiro atoms. The van der Waals surface area contributed by atoms with E-state index < -0.39 is 0 Å². The summed E-state index contributed by atoms with van der Waals surface area (Å²) in [4.78, 5) is 16.5. The zero-order chi connectivity index (χ0) is 11.1. The predicted molar refractivity (Wildman–Crippen MR) is 62.8 cm³/mol. The average molecular weight is 236 g/mol. The van der Waals surface area contributed by atoms with Crippen molar-refractivity contribution in [3.8, 4) is 0 Å². The third-order valence-electron chi connectivity index (χ3n) is 2.65. The topological polar surface area (TPSA) is 52.7 Å². The molecule has 3 rings (SSSR count). The number of aryl methyl sites for hydroxylation is 1. The minimum atomic E-state index is 0.0485. The van der Waals surface area contributed by atoms with Crippen molar-refractivity contribution in [1.29, 1.82) is 0 Å². The second kappa shape index (κ2) is 3.62. The lowest BCUT2D eigenvalue weighted by Gasteiger charge is -1.98. The van der Waals surface area contributed by atoms with Crippen LogP contribution in [0.2, 0.25) is 0 Å². The molecule has 0 N–H and O–H groups in total. The first-order valence-corrected chi connectivity index (χ1v) is 6.39. The van der Waals surface area contributed by atoms with E-state index in [-0.39, 0.29) is 5.56 Å². The van der Waals surface area contributed by atoms with Crippen LogP contribution in [0.25, 0.3) is 11.0 Å². The van der Waals surface area contributed by atoms with Crippen molar-refractivity contribution in [2.45, 2.75) is 31.6 Å². The lowest BCUT2D eigenvalue weighted by Crippen LogP contribution is -2.19. The molecule has 0 unspecified atom stereocenters. The molecule has 1 aliphatic heterocycles. The Kier molecular flexibility index (Phi) is 2.24. The molecule has 16 heavy (non-hydrogen) atoms. The van der Waals surface area contributed by atoms with Gasteiger partial charge in [-0.15, -0.1) is 0 Å². The molecule has 2 aromatic rings. The summed E-state index contributed by atoms with van der Waals surface area (Å²) in [5, 5.41) is 5.76. The summed E-state index contributed by atoms with van der Waals surface area (Å²) in [7, 11) is 0. The Labute approximate surface area is 96.5 Å². The Morgan fingerprint density at radius 3 is 3.25 bits per heavy atom. The second-order valence-electron chi connectivity index (χ2n) is 3.83. The van der Waals surface area contributed by atoms with E-state index >= 15 is 0 Å². The van der Waals surface area contributed by atoms with Crippen LogP contribution in [0.1, 0.15) is 13.3 Å². The van der Waals surface area contributed by atoms with Gasteiger partial charge in [-0.2, -0.15) is 5.10 Å². The molecule has 2 aromatic heterocycles. The summed E-state index contributed by atoms with van der Waals surface area (Å²) in [6, 6.07) is 0. The van der Waals surface area contributed by atoms with E-state index in [4.69, 9.17) is 0 Å². The standard InChI is InChI=1S/C10H12N4OS/c1-2-3-13-6-7-8(12-13)11-10-14(9(7)15)4-5-16-10/h6H,2-5H2,1H3. The normalized spacial score (nSPS) is 14.6. The molecule has 0 amide bonds. The quantitative estimate of drug-likeness (QED) is 0.733. The Balaban J connectivity index is 2.25. The molecule has 0 radical (unpaired) electrons. The van der Waals surface area contributed by atoms with Crippen molar-refractivity contribution < 1.29 is 0 Å². The maximum Gasteiger partial charge on any atom is 0.265 e. The Morgan fingerprint density at radius 2 is 2.44 bits per heavy atom. The predicted octanol–water partition coefficient (Wildman–Crippen LogP) is 1.11. The number of aromatic nitrogens is 4. The molecule has 0 saturated carbocycles. The summed E-state index contributed by atoms with van der Waals surface area (Å²) < 4.78 is 3.55. The molecular formula is C10H12N4OS. The average Bonchev–Trinajstić information content (AvgIpc) is 2.85. The van der Waals surface area contributed by atoms with Crippen molar-refractivity contribution in [2.24, 2.45) is 0 Å². The van der Waals surface area contributed by atoms with Crippen molar-refractivity contribution >= 4 is 22.8 Å². The van der Waals surface area contributed by atoms with Crippen LogP contribution in [0.4, 0.5) is 0 Å². The summed E-state index contributed by atoms with van der Waals surface area (Å²) >= 11 is 1.62. The fourth-order valence-electron chi connectivity index (χ4n) is 1.91. The van der Waals surface area contributed by atoms with Gasteiger partial charge in [0, 0.05) is 25.0 Å². The van der Waals surface area contributed by atoms with Gasteiger partial charge in [-0.3, -0.25) is 14.0 Å². The van der Waals surface area contributed by atoms with Crippen LogP contribution in [0.3, 0.4) is 0 Å². The van der Waals surface area contributed by atoms with Gasteiger partial charge in [0.2, 0.25) is 0 Å². The highest BCUT2D eigenvalue weighted by Crippen LogP contribution is 2.22. The Bertz CT molecular complexity index is 601. The van der Waals surface area contributed by atoms with Gasteiger partial charge < -0.3 is 0 Å². The van der Waals surface area contributed by atoms with E-state index in [1.807, 2.05) is 6.20 Å². The van der Waals surface area contributed by atoms with Gasteiger partial charge in [-0.25, -0.2) is 4.98 Å². The Hall–Kier alpha value is -1.30. The third-order valence-corrected chi connectivity index (χ3v) is 3.61. The van der Waals surface area contributed by atoms with Crippen molar-refractivity contribution in [3.63, 3.8) is 0 Å². The van der Waals surface area contributed by atoms with Gasteiger partial charge in [0.25, 0.3) is 5.56 Å². The molecule has 5 nitrogen and oxygen atoms in total. The van der Waals surface area contributed by atoms with Crippen molar-refractivity contribution in [1.82, 2.24) is 19.3 Å². The molecule has 84 valence electrons.